The van der Waals surface area contributed by atoms with Gasteiger partial charge in [0.05, 0.1) is 6.07 Å². The molecule has 1 aromatic heterocycles. The van der Waals surface area contributed by atoms with Gasteiger partial charge in [0.2, 0.25) is 0 Å². The van der Waals surface area contributed by atoms with Gasteiger partial charge in [-0.25, -0.2) is 0 Å². The van der Waals surface area contributed by atoms with Crippen molar-refractivity contribution in [2.24, 2.45) is 0 Å². The number of rotatable bonds is 6. The van der Waals surface area contributed by atoms with E-state index in [9.17, 15) is 0 Å². The summed E-state index contributed by atoms with van der Waals surface area (Å²) >= 11 is 0. The summed E-state index contributed by atoms with van der Waals surface area (Å²) in [6.45, 7) is 1.99. The van der Waals surface area contributed by atoms with Crippen molar-refractivity contribution >= 4 is 0 Å². The topological polar surface area (TPSA) is 39.9 Å². The van der Waals surface area contributed by atoms with Crippen molar-refractivity contribution in [1.29, 1.82) is 5.26 Å². The molecule has 0 spiro atoms. The Morgan fingerprint density at radius 2 is 2.27 bits per heavy atom. The van der Waals surface area contributed by atoms with Gasteiger partial charge in [-0.05, 0) is 32.1 Å². The zero-order valence-corrected chi connectivity index (χ0v) is 9.19. The molecular formula is C12H17N3. The Hall–Kier alpha value is -1.40. The fraction of sp³-hybridized carbons (Fsp3) is 0.500. The molecule has 15 heavy (non-hydrogen) atoms. The standard InChI is InChI=1S/C12H17N3/c1-15(10-5-3-8-13)11-7-12-6-2-4-9-14-12/h2,4,6,9H,3,5,7,10-11H2,1H3. The van der Waals surface area contributed by atoms with E-state index in [0.29, 0.717) is 6.42 Å². The molecule has 0 saturated heterocycles. The van der Waals surface area contributed by atoms with Gasteiger partial charge in [-0.3, -0.25) is 4.98 Å². The summed E-state index contributed by atoms with van der Waals surface area (Å²) in [5, 5.41) is 8.41. The lowest BCUT2D eigenvalue weighted by Crippen LogP contribution is -2.22. The van der Waals surface area contributed by atoms with E-state index < -0.39 is 0 Å². The molecule has 0 aliphatic heterocycles. The lowest BCUT2D eigenvalue weighted by molar-refractivity contribution is 0.334. The second kappa shape index (κ2) is 6.97. The largest absolute Gasteiger partial charge is 0.306 e. The fourth-order valence-electron chi connectivity index (χ4n) is 1.39. The molecule has 0 aliphatic rings. The molecule has 3 nitrogen and oxygen atoms in total. The van der Waals surface area contributed by atoms with Crippen molar-refractivity contribution in [3.8, 4) is 6.07 Å². The first-order valence-electron chi connectivity index (χ1n) is 5.28. The van der Waals surface area contributed by atoms with E-state index in [1.54, 1.807) is 0 Å². The van der Waals surface area contributed by atoms with Crippen molar-refractivity contribution in [3.63, 3.8) is 0 Å². The molecule has 3 heteroatoms. The monoisotopic (exact) mass is 203 g/mol. The third-order valence-corrected chi connectivity index (χ3v) is 2.30. The molecule has 0 radical (unpaired) electrons. The number of hydrogen-bond acceptors (Lipinski definition) is 3. The summed E-state index contributed by atoms with van der Waals surface area (Å²) < 4.78 is 0. The molecule has 0 fully saturated rings. The Labute approximate surface area is 91.4 Å². The average molecular weight is 203 g/mol. The van der Waals surface area contributed by atoms with Crippen molar-refractivity contribution in [3.05, 3.63) is 30.1 Å². The van der Waals surface area contributed by atoms with Crippen LogP contribution in [0.15, 0.2) is 24.4 Å². The lowest BCUT2D eigenvalue weighted by Gasteiger charge is -2.14. The molecule has 1 aromatic rings. The van der Waals surface area contributed by atoms with Crippen LogP contribution in [-0.4, -0.2) is 30.0 Å². The van der Waals surface area contributed by atoms with Crippen molar-refractivity contribution in [2.45, 2.75) is 19.3 Å². The number of hydrogen-bond donors (Lipinski definition) is 0. The summed E-state index contributed by atoms with van der Waals surface area (Å²) in [5.74, 6) is 0. The molecule has 0 aromatic carbocycles. The van der Waals surface area contributed by atoms with E-state index in [1.807, 2.05) is 24.4 Å². The van der Waals surface area contributed by atoms with Crippen LogP contribution in [0.2, 0.25) is 0 Å². The van der Waals surface area contributed by atoms with Crippen LogP contribution in [0, 0.1) is 11.3 Å². The number of nitrogens with zero attached hydrogens (tertiary/aromatic N) is 3. The summed E-state index contributed by atoms with van der Waals surface area (Å²) in [7, 11) is 2.08. The minimum Gasteiger partial charge on any atom is -0.306 e. The first kappa shape index (κ1) is 11.7. The Bertz CT molecular complexity index is 302. The first-order chi connectivity index (χ1) is 7.33. The van der Waals surface area contributed by atoms with Crippen LogP contribution in [0.25, 0.3) is 0 Å². The van der Waals surface area contributed by atoms with Crippen molar-refractivity contribution in [1.82, 2.24) is 9.88 Å². The number of nitriles is 1. The average Bonchev–Trinajstić information content (AvgIpc) is 2.28. The van der Waals surface area contributed by atoms with E-state index in [4.69, 9.17) is 5.26 Å². The second-order valence-electron chi connectivity index (χ2n) is 3.64. The quantitative estimate of drug-likeness (QED) is 0.662. The van der Waals surface area contributed by atoms with Gasteiger partial charge in [0, 0.05) is 31.3 Å². The van der Waals surface area contributed by atoms with Crippen LogP contribution in [-0.2, 0) is 6.42 Å². The summed E-state index contributed by atoms with van der Waals surface area (Å²) in [6, 6.07) is 8.15. The van der Waals surface area contributed by atoms with E-state index in [0.717, 1.165) is 31.6 Å². The molecule has 80 valence electrons. The smallest absolute Gasteiger partial charge is 0.0622 e. The summed E-state index contributed by atoms with van der Waals surface area (Å²) in [4.78, 5) is 6.51. The van der Waals surface area contributed by atoms with Crippen LogP contribution in [0.3, 0.4) is 0 Å². The maximum atomic E-state index is 8.41. The summed E-state index contributed by atoms with van der Waals surface area (Å²) in [5.41, 5.74) is 1.13. The number of aromatic nitrogens is 1. The van der Waals surface area contributed by atoms with Gasteiger partial charge in [-0.1, -0.05) is 6.07 Å². The molecule has 1 heterocycles. The molecule has 0 bridgehead atoms. The highest BCUT2D eigenvalue weighted by Gasteiger charge is 1.99. The number of unbranched alkanes of at least 4 members (excludes halogenated alkanes) is 1. The SMILES string of the molecule is CN(CCCC#N)CCc1ccccn1. The minimum absolute atomic E-state index is 0.647. The second-order valence-corrected chi connectivity index (χ2v) is 3.64. The minimum atomic E-state index is 0.647. The molecule has 0 unspecified atom stereocenters. The third-order valence-electron chi connectivity index (χ3n) is 2.30. The van der Waals surface area contributed by atoms with E-state index in [2.05, 4.69) is 23.0 Å². The predicted octanol–water partition coefficient (Wildman–Crippen LogP) is 1.86. The van der Waals surface area contributed by atoms with Crippen LogP contribution >= 0.6 is 0 Å². The van der Waals surface area contributed by atoms with Crippen LogP contribution in [0.4, 0.5) is 0 Å². The molecule has 1 rings (SSSR count). The maximum Gasteiger partial charge on any atom is 0.0622 e. The highest BCUT2D eigenvalue weighted by atomic mass is 15.1. The number of pyridine rings is 1. The highest BCUT2D eigenvalue weighted by molar-refractivity contribution is 5.03. The first-order valence-corrected chi connectivity index (χ1v) is 5.28. The van der Waals surface area contributed by atoms with E-state index >= 15 is 0 Å². The van der Waals surface area contributed by atoms with Crippen LogP contribution < -0.4 is 0 Å². The van der Waals surface area contributed by atoms with Gasteiger partial charge >= 0.3 is 0 Å². The molecule has 0 amide bonds. The Morgan fingerprint density at radius 1 is 1.40 bits per heavy atom. The Morgan fingerprint density at radius 3 is 2.93 bits per heavy atom. The number of likely N-dealkylation sites (N-methyl/N-ethyl adjacent to an activating group) is 1. The molecular weight excluding hydrogens is 186 g/mol. The lowest BCUT2D eigenvalue weighted by atomic mass is 10.2. The zero-order valence-electron chi connectivity index (χ0n) is 9.19. The van der Waals surface area contributed by atoms with Gasteiger partial charge in [-0.2, -0.15) is 5.26 Å². The molecule has 0 aliphatic carbocycles. The molecule has 0 atom stereocenters. The summed E-state index contributed by atoms with van der Waals surface area (Å²) in [6.07, 6.45) is 4.40. The van der Waals surface area contributed by atoms with Gasteiger partial charge in [0.1, 0.15) is 0 Å². The van der Waals surface area contributed by atoms with Crippen LogP contribution in [0.1, 0.15) is 18.5 Å². The van der Waals surface area contributed by atoms with Crippen molar-refractivity contribution in [2.75, 3.05) is 20.1 Å². The molecule has 0 saturated carbocycles. The Balaban J connectivity index is 2.17. The highest BCUT2D eigenvalue weighted by Crippen LogP contribution is 1.97. The van der Waals surface area contributed by atoms with Crippen LogP contribution in [0.5, 0.6) is 0 Å². The van der Waals surface area contributed by atoms with E-state index in [-0.39, 0.29) is 0 Å². The normalized spacial score (nSPS) is 10.2. The zero-order chi connectivity index (χ0) is 10.9. The van der Waals surface area contributed by atoms with Gasteiger partial charge in [-0.15, -0.1) is 0 Å². The van der Waals surface area contributed by atoms with Gasteiger partial charge in [0.25, 0.3) is 0 Å². The van der Waals surface area contributed by atoms with Gasteiger partial charge in [0.15, 0.2) is 0 Å². The molecule has 0 N–H and O–H groups in total. The van der Waals surface area contributed by atoms with Crippen molar-refractivity contribution < 1.29 is 0 Å². The maximum absolute atomic E-state index is 8.41. The van der Waals surface area contributed by atoms with E-state index in [1.165, 1.54) is 0 Å². The fourth-order valence-corrected chi connectivity index (χ4v) is 1.39. The van der Waals surface area contributed by atoms with Gasteiger partial charge < -0.3 is 4.90 Å². The third kappa shape index (κ3) is 5.14. The predicted molar refractivity (Wildman–Crippen MR) is 60.3 cm³/mol. The Kier molecular flexibility index (Phi) is 5.42.